The highest BCUT2D eigenvalue weighted by Crippen LogP contribution is 2.33. The van der Waals surface area contributed by atoms with Gasteiger partial charge in [0.1, 0.15) is 0 Å². The van der Waals surface area contributed by atoms with E-state index in [2.05, 4.69) is 16.8 Å². The molecule has 2 saturated heterocycles. The fourth-order valence-corrected chi connectivity index (χ4v) is 4.13. The molecule has 3 rings (SSSR count). The molecule has 0 radical (unpaired) electrons. The number of β-amino-alcohol motifs (C(OH)–C–C–N with tert-alkyl or cyclic N) is 1. The van der Waals surface area contributed by atoms with Gasteiger partial charge in [-0.3, -0.25) is 9.80 Å². The zero-order valence-electron chi connectivity index (χ0n) is 11.1. The molecule has 1 aliphatic carbocycles. The molecule has 3 fully saturated rings. The summed E-state index contributed by atoms with van der Waals surface area (Å²) in [5.41, 5.74) is -0.359. The Hall–Kier alpha value is -0.120. The standard InChI is InChI=1S/C14H26N2O/c1-15-12-4-5-13(15)10-16(9-6-12)11-14(17)7-2-3-8-14/h12-13,17H,2-11H2,1H3. The predicted octanol–water partition coefficient (Wildman–Crippen LogP) is 1.46. The molecule has 0 aromatic heterocycles. The lowest BCUT2D eigenvalue weighted by atomic mass is 10.0. The Morgan fingerprint density at radius 3 is 2.59 bits per heavy atom. The third-order valence-corrected chi connectivity index (χ3v) is 5.28. The second kappa shape index (κ2) is 4.52. The fraction of sp³-hybridized carbons (Fsp3) is 1.00. The second-order valence-electron chi connectivity index (χ2n) is 6.51. The average Bonchev–Trinajstić information content (AvgIpc) is 2.78. The minimum Gasteiger partial charge on any atom is -0.389 e. The maximum atomic E-state index is 10.5. The van der Waals surface area contributed by atoms with Crippen LogP contribution in [-0.2, 0) is 0 Å². The van der Waals surface area contributed by atoms with Crippen LogP contribution in [0, 0.1) is 0 Å². The van der Waals surface area contributed by atoms with Gasteiger partial charge >= 0.3 is 0 Å². The van der Waals surface area contributed by atoms with Gasteiger partial charge < -0.3 is 5.11 Å². The van der Waals surface area contributed by atoms with Crippen molar-refractivity contribution in [3.8, 4) is 0 Å². The molecule has 98 valence electrons. The van der Waals surface area contributed by atoms with Crippen LogP contribution in [0.15, 0.2) is 0 Å². The van der Waals surface area contributed by atoms with Gasteiger partial charge in [-0.2, -0.15) is 0 Å². The molecule has 0 amide bonds. The van der Waals surface area contributed by atoms with E-state index in [4.69, 9.17) is 0 Å². The summed E-state index contributed by atoms with van der Waals surface area (Å²) in [6.45, 7) is 3.28. The summed E-state index contributed by atoms with van der Waals surface area (Å²) >= 11 is 0. The highest BCUT2D eigenvalue weighted by Gasteiger charge is 2.38. The lowest BCUT2D eigenvalue weighted by molar-refractivity contribution is 0.00736. The van der Waals surface area contributed by atoms with Crippen molar-refractivity contribution in [3.05, 3.63) is 0 Å². The first-order chi connectivity index (χ1) is 8.16. The Kier molecular flexibility index (Phi) is 3.18. The first-order valence-corrected chi connectivity index (χ1v) is 7.33. The van der Waals surface area contributed by atoms with E-state index >= 15 is 0 Å². The SMILES string of the molecule is CN1C2CCC1CN(CC1(O)CCCC1)CC2. The fourth-order valence-electron chi connectivity index (χ4n) is 4.13. The number of hydrogen-bond acceptors (Lipinski definition) is 3. The molecular formula is C14H26N2O. The first kappa shape index (κ1) is 11.9. The van der Waals surface area contributed by atoms with Crippen LogP contribution in [0.2, 0.25) is 0 Å². The number of fused-ring (bicyclic) bond motifs is 2. The Morgan fingerprint density at radius 2 is 1.82 bits per heavy atom. The van der Waals surface area contributed by atoms with Crippen molar-refractivity contribution in [2.45, 2.75) is 62.6 Å². The molecule has 2 bridgehead atoms. The van der Waals surface area contributed by atoms with Crippen LogP contribution in [0.5, 0.6) is 0 Å². The maximum Gasteiger partial charge on any atom is 0.0774 e. The minimum absolute atomic E-state index is 0.359. The van der Waals surface area contributed by atoms with Crippen molar-refractivity contribution in [1.29, 1.82) is 0 Å². The van der Waals surface area contributed by atoms with Gasteiger partial charge in [-0.25, -0.2) is 0 Å². The Labute approximate surface area is 105 Å². The number of likely N-dealkylation sites (N-methyl/N-ethyl adjacent to an activating group) is 1. The number of hydrogen-bond donors (Lipinski definition) is 1. The largest absolute Gasteiger partial charge is 0.389 e. The van der Waals surface area contributed by atoms with E-state index in [0.717, 1.165) is 31.5 Å². The second-order valence-corrected chi connectivity index (χ2v) is 6.51. The van der Waals surface area contributed by atoms with E-state index in [-0.39, 0.29) is 5.60 Å². The maximum absolute atomic E-state index is 10.5. The molecule has 2 unspecified atom stereocenters. The summed E-state index contributed by atoms with van der Waals surface area (Å²) in [6.07, 6.45) is 8.52. The van der Waals surface area contributed by atoms with Crippen LogP contribution in [0.1, 0.15) is 44.9 Å². The summed E-state index contributed by atoms with van der Waals surface area (Å²) < 4.78 is 0. The summed E-state index contributed by atoms with van der Waals surface area (Å²) in [7, 11) is 2.29. The van der Waals surface area contributed by atoms with Crippen molar-refractivity contribution < 1.29 is 5.11 Å². The van der Waals surface area contributed by atoms with E-state index in [9.17, 15) is 5.11 Å². The summed E-state index contributed by atoms with van der Waals surface area (Å²) in [6, 6.07) is 1.55. The summed E-state index contributed by atoms with van der Waals surface area (Å²) in [4.78, 5) is 5.12. The molecule has 2 heterocycles. The Balaban J connectivity index is 1.61. The van der Waals surface area contributed by atoms with Crippen LogP contribution in [-0.4, -0.2) is 59.3 Å². The minimum atomic E-state index is -0.359. The monoisotopic (exact) mass is 238 g/mol. The third kappa shape index (κ3) is 2.38. The van der Waals surface area contributed by atoms with E-state index in [0.29, 0.717) is 0 Å². The Bertz CT molecular complexity index is 275. The molecule has 3 heteroatoms. The topological polar surface area (TPSA) is 26.7 Å². The van der Waals surface area contributed by atoms with E-state index in [1.807, 2.05) is 0 Å². The number of rotatable bonds is 2. The van der Waals surface area contributed by atoms with E-state index in [1.165, 1.54) is 45.2 Å². The smallest absolute Gasteiger partial charge is 0.0774 e. The Morgan fingerprint density at radius 1 is 1.12 bits per heavy atom. The van der Waals surface area contributed by atoms with Crippen LogP contribution in [0.4, 0.5) is 0 Å². The van der Waals surface area contributed by atoms with Crippen molar-refractivity contribution in [2.24, 2.45) is 0 Å². The molecule has 0 aromatic rings. The van der Waals surface area contributed by atoms with Crippen molar-refractivity contribution in [2.75, 3.05) is 26.7 Å². The van der Waals surface area contributed by atoms with Gasteiger partial charge in [0.2, 0.25) is 0 Å². The first-order valence-electron chi connectivity index (χ1n) is 7.33. The lowest BCUT2D eigenvalue weighted by Gasteiger charge is -2.32. The molecule has 17 heavy (non-hydrogen) atoms. The third-order valence-electron chi connectivity index (χ3n) is 5.28. The lowest BCUT2D eigenvalue weighted by Crippen LogP contribution is -2.44. The van der Waals surface area contributed by atoms with Gasteiger partial charge in [-0.05, 0) is 45.7 Å². The van der Waals surface area contributed by atoms with Crippen LogP contribution < -0.4 is 0 Å². The predicted molar refractivity (Wildman–Crippen MR) is 69.0 cm³/mol. The van der Waals surface area contributed by atoms with Gasteiger partial charge in [0, 0.05) is 25.2 Å². The van der Waals surface area contributed by atoms with E-state index < -0.39 is 0 Å². The van der Waals surface area contributed by atoms with Crippen LogP contribution >= 0.6 is 0 Å². The molecule has 3 aliphatic rings. The molecule has 2 atom stereocenters. The van der Waals surface area contributed by atoms with Crippen LogP contribution in [0.3, 0.4) is 0 Å². The normalized spacial score (nSPS) is 38.5. The zero-order chi connectivity index (χ0) is 11.9. The molecule has 1 saturated carbocycles. The van der Waals surface area contributed by atoms with Gasteiger partial charge in [-0.15, -0.1) is 0 Å². The molecule has 3 nitrogen and oxygen atoms in total. The van der Waals surface area contributed by atoms with Gasteiger partial charge in [0.15, 0.2) is 0 Å². The van der Waals surface area contributed by atoms with Crippen LogP contribution in [0.25, 0.3) is 0 Å². The van der Waals surface area contributed by atoms with Gasteiger partial charge in [0.25, 0.3) is 0 Å². The number of nitrogens with zero attached hydrogens (tertiary/aromatic N) is 2. The summed E-state index contributed by atoms with van der Waals surface area (Å²) in [5, 5.41) is 10.5. The number of likely N-dealkylation sites (tertiary alicyclic amines) is 1. The zero-order valence-corrected chi connectivity index (χ0v) is 11.1. The van der Waals surface area contributed by atoms with Gasteiger partial charge in [0.05, 0.1) is 5.60 Å². The molecule has 0 aromatic carbocycles. The molecular weight excluding hydrogens is 212 g/mol. The number of aliphatic hydroxyl groups is 1. The highest BCUT2D eigenvalue weighted by molar-refractivity contribution is 4.94. The molecule has 0 spiro atoms. The summed E-state index contributed by atoms with van der Waals surface area (Å²) in [5.74, 6) is 0. The highest BCUT2D eigenvalue weighted by atomic mass is 16.3. The molecule has 1 N–H and O–H groups in total. The van der Waals surface area contributed by atoms with Gasteiger partial charge in [-0.1, -0.05) is 12.8 Å². The van der Waals surface area contributed by atoms with Crippen molar-refractivity contribution >= 4 is 0 Å². The molecule has 2 aliphatic heterocycles. The average molecular weight is 238 g/mol. The van der Waals surface area contributed by atoms with Crippen molar-refractivity contribution in [1.82, 2.24) is 9.80 Å². The quantitative estimate of drug-likeness (QED) is 0.789. The van der Waals surface area contributed by atoms with E-state index in [1.54, 1.807) is 0 Å². The van der Waals surface area contributed by atoms with Crippen molar-refractivity contribution in [3.63, 3.8) is 0 Å².